The zero-order valence-corrected chi connectivity index (χ0v) is 14.4. The lowest BCUT2D eigenvalue weighted by atomic mass is 10.0. The van der Waals surface area contributed by atoms with E-state index < -0.39 is 17.9 Å². The number of carboxylic acids is 1. The number of methoxy groups -OCH3 is 2. The average Bonchev–Trinajstić information content (AvgIpc) is 2.60. The zero-order valence-electron chi connectivity index (χ0n) is 14.4. The highest BCUT2D eigenvalue weighted by atomic mass is 16.5. The van der Waals surface area contributed by atoms with Crippen LogP contribution >= 0.6 is 0 Å². The third-order valence-corrected chi connectivity index (χ3v) is 3.81. The van der Waals surface area contributed by atoms with Gasteiger partial charge in [-0.05, 0) is 24.6 Å². The van der Waals surface area contributed by atoms with E-state index in [0.29, 0.717) is 11.5 Å². The van der Waals surface area contributed by atoms with Gasteiger partial charge < -0.3 is 19.9 Å². The van der Waals surface area contributed by atoms with Gasteiger partial charge in [-0.25, -0.2) is 0 Å². The number of aryl methyl sites for hydroxylation is 1. The van der Waals surface area contributed by atoms with E-state index >= 15 is 0 Å². The quantitative estimate of drug-likeness (QED) is 0.807. The molecule has 6 nitrogen and oxygen atoms in total. The lowest BCUT2D eigenvalue weighted by Crippen LogP contribution is -2.30. The van der Waals surface area contributed by atoms with Crippen LogP contribution in [0.2, 0.25) is 0 Å². The number of benzene rings is 2. The maximum Gasteiger partial charge on any atom is 0.305 e. The largest absolute Gasteiger partial charge is 0.493 e. The molecule has 0 aliphatic carbocycles. The molecule has 0 spiro atoms. The monoisotopic (exact) mass is 343 g/mol. The van der Waals surface area contributed by atoms with Crippen molar-refractivity contribution in [2.75, 3.05) is 14.2 Å². The summed E-state index contributed by atoms with van der Waals surface area (Å²) in [4.78, 5) is 23.9. The molecule has 0 unspecified atom stereocenters. The van der Waals surface area contributed by atoms with Crippen LogP contribution in [-0.2, 0) is 4.79 Å². The molecule has 0 saturated carbocycles. The number of aliphatic carboxylic acids is 1. The van der Waals surface area contributed by atoms with E-state index in [0.717, 1.165) is 11.1 Å². The number of amides is 1. The van der Waals surface area contributed by atoms with Gasteiger partial charge in [0.25, 0.3) is 5.91 Å². The highest BCUT2D eigenvalue weighted by Gasteiger charge is 2.22. The van der Waals surface area contributed by atoms with Crippen LogP contribution in [0, 0.1) is 6.92 Å². The summed E-state index contributed by atoms with van der Waals surface area (Å²) in [5.74, 6) is -0.688. The molecule has 1 atom stereocenters. The van der Waals surface area contributed by atoms with Gasteiger partial charge in [0, 0.05) is 0 Å². The smallest absolute Gasteiger partial charge is 0.305 e. The van der Waals surface area contributed by atoms with Crippen LogP contribution in [0.25, 0.3) is 0 Å². The Morgan fingerprint density at radius 2 is 1.76 bits per heavy atom. The standard InChI is InChI=1S/C19H21NO5/c1-12-7-9-13(10-8-12)15(11-17(21)22)20-19(23)14-5-4-6-16(24-2)18(14)25-3/h4-10,15H,11H2,1-3H3,(H,20,23)(H,21,22)/t15-/m0/s1. The van der Waals surface area contributed by atoms with Crippen molar-refractivity contribution in [2.24, 2.45) is 0 Å². The molecule has 0 heterocycles. The minimum absolute atomic E-state index is 0.221. The topological polar surface area (TPSA) is 84.9 Å². The maximum absolute atomic E-state index is 12.7. The number of rotatable bonds is 7. The summed E-state index contributed by atoms with van der Waals surface area (Å²) in [6.45, 7) is 1.94. The van der Waals surface area contributed by atoms with Crippen LogP contribution in [0.3, 0.4) is 0 Å². The number of carbonyl (C=O) groups is 2. The fraction of sp³-hybridized carbons (Fsp3) is 0.263. The molecule has 0 aliphatic heterocycles. The second-order valence-corrected chi connectivity index (χ2v) is 5.58. The summed E-state index contributed by atoms with van der Waals surface area (Å²) in [7, 11) is 2.93. The summed E-state index contributed by atoms with van der Waals surface area (Å²) in [5, 5.41) is 11.9. The van der Waals surface area contributed by atoms with Gasteiger partial charge in [-0.3, -0.25) is 9.59 Å². The number of ether oxygens (including phenoxy) is 2. The molecule has 1 amide bonds. The van der Waals surface area contributed by atoms with E-state index in [9.17, 15) is 14.7 Å². The summed E-state index contributed by atoms with van der Waals surface area (Å²) >= 11 is 0. The lowest BCUT2D eigenvalue weighted by molar-refractivity contribution is -0.137. The van der Waals surface area contributed by atoms with E-state index in [1.54, 1.807) is 18.2 Å². The van der Waals surface area contributed by atoms with E-state index in [-0.39, 0.29) is 12.0 Å². The van der Waals surface area contributed by atoms with Gasteiger partial charge >= 0.3 is 5.97 Å². The van der Waals surface area contributed by atoms with Crippen molar-refractivity contribution in [3.63, 3.8) is 0 Å². The van der Waals surface area contributed by atoms with Crippen molar-refractivity contribution in [2.45, 2.75) is 19.4 Å². The number of carbonyl (C=O) groups excluding carboxylic acids is 1. The summed E-state index contributed by atoms with van der Waals surface area (Å²) in [6, 6.07) is 11.7. The molecule has 6 heteroatoms. The molecule has 2 N–H and O–H groups in total. The molecular formula is C19H21NO5. The van der Waals surface area contributed by atoms with E-state index in [4.69, 9.17) is 9.47 Å². The highest BCUT2D eigenvalue weighted by Crippen LogP contribution is 2.31. The van der Waals surface area contributed by atoms with Crippen molar-refractivity contribution in [3.8, 4) is 11.5 Å². The molecule has 25 heavy (non-hydrogen) atoms. The SMILES string of the molecule is COc1cccc(C(=O)N[C@@H](CC(=O)O)c2ccc(C)cc2)c1OC. The van der Waals surface area contributed by atoms with Crippen LogP contribution in [0.15, 0.2) is 42.5 Å². The fourth-order valence-corrected chi connectivity index (χ4v) is 2.53. The Kier molecular flexibility index (Phi) is 6.00. The third-order valence-electron chi connectivity index (χ3n) is 3.81. The predicted octanol–water partition coefficient (Wildman–Crippen LogP) is 2.96. The predicted molar refractivity (Wildman–Crippen MR) is 93.2 cm³/mol. The van der Waals surface area contributed by atoms with Crippen molar-refractivity contribution in [1.82, 2.24) is 5.32 Å². The fourth-order valence-electron chi connectivity index (χ4n) is 2.53. The number of hydrogen-bond donors (Lipinski definition) is 2. The van der Waals surface area contributed by atoms with Crippen LogP contribution in [0.4, 0.5) is 0 Å². The Bertz CT molecular complexity index is 755. The molecule has 2 aromatic rings. The maximum atomic E-state index is 12.7. The second kappa shape index (κ2) is 8.19. The Hall–Kier alpha value is -3.02. The number of hydrogen-bond acceptors (Lipinski definition) is 4. The number of nitrogens with one attached hydrogen (secondary N) is 1. The van der Waals surface area contributed by atoms with Gasteiger partial charge in [0.05, 0.1) is 32.2 Å². The van der Waals surface area contributed by atoms with Crippen LogP contribution in [0.5, 0.6) is 11.5 Å². The first kappa shape index (κ1) is 18.3. The average molecular weight is 343 g/mol. The van der Waals surface area contributed by atoms with Crippen LogP contribution in [0.1, 0.15) is 33.9 Å². The van der Waals surface area contributed by atoms with Crippen LogP contribution < -0.4 is 14.8 Å². The first-order valence-corrected chi connectivity index (χ1v) is 7.76. The second-order valence-electron chi connectivity index (χ2n) is 5.58. The third kappa shape index (κ3) is 4.50. The van der Waals surface area contributed by atoms with Gasteiger partial charge in [0.2, 0.25) is 0 Å². The van der Waals surface area contributed by atoms with Crippen molar-refractivity contribution < 1.29 is 24.2 Å². The van der Waals surface area contributed by atoms with Gasteiger partial charge in [-0.1, -0.05) is 35.9 Å². The molecule has 0 aliphatic rings. The number of para-hydroxylation sites is 1. The van der Waals surface area contributed by atoms with Crippen molar-refractivity contribution in [3.05, 3.63) is 59.2 Å². The van der Waals surface area contributed by atoms with Gasteiger partial charge in [-0.15, -0.1) is 0 Å². The molecule has 2 rings (SSSR count). The van der Waals surface area contributed by atoms with Gasteiger partial charge in [-0.2, -0.15) is 0 Å². The zero-order chi connectivity index (χ0) is 18.4. The molecule has 0 bridgehead atoms. The highest BCUT2D eigenvalue weighted by molar-refractivity contribution is 5.98. The molecule has 0 saturated heterocycles. The molecule has 2 aromatic carbocycles. The molecule has 0 radical (unpaired) electrons. The minimum atomic E-state index is -0.997. The molecular weight excluding hydrogens is 322 g/mol. The Morgan fingerprint density at radius 3 is 2.32 bits per heavy atom. The Labute approximate surface area is 146 Å². The van der Waals surface area contributed by atoms with E-state index in [1.807, 2.05) is 31.2 Å². The Balaban J connectivity index is 2.31. The summed E-state index contributed by atoms with van der Waals surface area (Å²) < 4.78 is 10.5. The number of carboxylic acid groups (broad SMARTS) is 1. The Morgan fingerprint density at radius 1 is 1.08 bits per heavy atom. The molecule has 0 aromatic heterocycles. The first-order valence-electron chi connectivity index (χ1n) is 7.76. The van der Waals surface area contributed by atoms with Gasteiger partial charge in [0.1, 0.15) is 0 Å². The van der Waals surface area contributed by atoms with Crippen molar-refractivity contribution in [1.29, 1.82) is 0 Å². The van der Waals surface area contributed by atoms with E-state index in [2.05, 4.69) is 5.32 Å². The summed E-state index contributed by atoms with van der Waals surface area (Å²) in [5.41, 5.74) is 2.06. The lowest BCUT2D eigenvalue weighted by Gasteiger charge is -2.19. The minimum Gasteiger partial charge on any atom is -0.493 e. The normalized spacial score (nSPS) is 11.5. The summed E-state index contributed by atoms with van der Waals surface area (Å²) in [6.07, 6.45) is -0.221. The van der Waals surface area contributed by atoms with E-state index in [1.165, 1.54) is 14.2 Å². The van der Waals surface area contributed by atoms with Crippen molar-refractivity contribution >= 4 is 11.9 Å². The van der Waals surface area contributed by atoms with Gasteiger partial charge in [0.15, 0.2) is 11.5 Å². The first-order chi connectivity index (χ1) is 12.0. The van der Waals surface area contributed by atoms with Crippen LogP contribution in [-0.4, -0.2) is 31.2 Å². The molecule has 0 fully saturated rings. The molecule has 132 valence electrons.